The van der Waals surface area contributed by atoms with Crippen molar-refractivity contribution in [3.8, 4) is 5.75 Å². The zero-order chi connectivity index (χ0) is 20.9. The lowest BCUT2D eigenvalue weighted by Gasteiger charge is -2.25. The van der Waals surface area contributed by atoms with Gasteiger partial charge in [0.05, 0.1) is 12.0 Å². The van der Waals surface area contributed by atoms with E-state index < -0.39 is 28.4 Å². The summed E-state index contributed by atoms with van der Waals surface area (Å²) >= 11 is 0. The predicted molar refractivity (Wildman–Crippen MR) is 107 cm³/mol. The third kappa shape index (κ3) is 4.83. The number of piperidine rings is 1. The smallest absolute Gasteiger partial charge is 0.342 e. The number of hydrogen-bond acceptors (Lipinski definition) is 6. The first-order valence-corrected chi connectivity index (χ1v) is 10.8. The van der Waals surface area contributed by atoms with Crippen LogP contribution in [0.25, 0.3) is 0 Å². The number of carbonyl (C=O) groups excluding carboxylic acids is 2. The van der Waals surface area contributed by atoms with Crippen molar-refractivity contribution in [2.45, 2.75) is 24.2 Å². The number of para-hydroxylation sites is 1. The molecule has 0 bridgehead atoms. The molecule has 2 aromatic rings. The molecule has 1 saturated heterocycles. The van der Waals surface area contributed by atoms with E-state index in [0.717, 1.165) is 19.3 Å². The Labute approximate surface area is 170 Å². The summed E-state index contributed by atoms with van der Waals surface area (Å²) in [7, 11) is -2.11. The molecule has 29 heavy (non-hydrogen) atoms. The number of sulfonamides is 1. The Balaban J connectivity index is 1.64. The Kier molecular flexibility index (Phi) is 6.66. The van der Waals surface area contributed by atoms with Crippen molar-refractivity contribution in [1.29, 1.82) is 0 Å². The molecule has 0 saturated carbocycles. The van der Waals surface area contributed by atoms with Crippen LogP contribution in [0.4, 0.5) is 0 Å². The summed E-state index contributed by atoms with van der Waals surface area (Å²) in [5.74, 6) is -0.729. The Morgan fingerprint density at radius 1 is 0.966 bits per heavy atom. The molecule has 154 valence electrons. The van der Waals surface area contributed by atoms with Gasteiger partial charge in [-0.15, -0.1) is 0 Å². The number of esters is 1. The second kappa shape index (κ2) is 9.19. The van der Waals surface area contributed by atoms with Crippen molar-refractivity contribution in [1.82, 2.24) is 4.31 Å². The van der Waals surface area contributed by atoms with Gasteiger partial charge in [-0.3, -0.25) is 4.79 Å². The lowest BCUT2D eigenvalue weighted by molar-refractivity contribution is 0.0471. The van der Waals surface area contributed by atoms with Gasteiger partial charge in [-0.1, -0.05) is 18.6 Å². The normalized spacial score (nSPS) is 14.9. The number of benzene rings is 2. The van der Waals surface area contributed by atoms with E-state index in [-0.39, 0.29) is 16.0 Å². The molecule has 1 aliphatic rings. The minimum atomic E-state index is -3.55. The molecule has 3 rings (SSSR count). The van der Waals surface area contributed by atoms with Gasteiger partial charge in [0.15, 0.2) is 12.4 Å². The maximum Gasteiger partial charge on any atom is 0.342 e. The SMILES string of the molecule is COc1ccccc1C(=O)OCC(=O)c1ccc(S(=O)(=O)N2CCCCC2)cc1. The summed E-state index contributed by atoms with van der Waals surface area (Å²) in [4.78, 5) is 24.7. The summed E-state index contributed by atoms with van der Waals surface area (Å²) < 4.78 is 37.0. The quantitative estimate of drug-likeness (QED) is 0.508. The van der Waals surface area contributed by atoms with Gasteiger partial charge in [-0.05, 0) is 49.2 Å². The summed E-state index contributed by atoms with van der Waals surface area (Å²) in [6.07, 6.45) is 2.74. The molecule has 0 spiro atoms. The van der Waals surface area contributed by atoms with Crippen LogP contribution >= 0.6 is 0 Å². The van der Waals surface area contributed by atoms with Gasteiger partial charge >= 0.3 is 5.97 Å². The molecule has 1 aliphatic heterocycles. The maximum absolute atomic E-state index is 12.7. The first-order chi connectivity index (χ1) is 13.9. The topological polar surface area (TPSA) is 90.0 Å². The highest BCUT2D eigenvalue weighted by molar-refractivity contribution is 7.89. The van der Waals surface area contributed by atoms with Crippen LogP contribution in [-0.2, 0) is 14.8 Å². The van der Waals surface area contributed by atoms with Gasteiger partial charge < -0.3 is 9.47 Å². The fraction of sp³-hybridized carbons (Fsp3) is 0.333. The monoisotopic (exact) mass is 417 g/mol. The van der Waals surface area contributed by atoms with Crippen molar-refractivity contribution >= 4 is 21.8 Å². The van der Waals surface area contributed by atoms with Crippen LogP contribution in [0, 0.1) is 0 Å². The Bertz CT molecular complexity index is 978. The van der Waals surface area contributed by atoms with Crippen LogP contribution in [0.5, 0.6) is 5.75 Å². The van der Waals surface area contributed by atoms with Crippen molar-refractivity contribution in [3.63, 3.8) is 0 Å². The van der Waals surface area contributed by atoms with E-state index in [2.05, 4.69) is 0 Å². The molecule has 1 heterocycles. The first-order valence-electron chi connectivity index (χ1n) is 9.37. The number of nitrogens with zero attached hydrogens (tertiary/aromatic N) is 1. The van der Waals surface area contributed by atoms with Crippen LogP contribution in [0.1, 0.15) is 40.0 Å². The molecular formula is C21H23NO6S. The molecule has 0 unspecified atom stereocenters. The second-order valence-electron chi connectivity index (χ2n) is 6.69. The molecule has 7 nitrogen and oxygen atoms in total. The number of methoxy groups -OCH3 is 1. The molecule has 0 aliphatic carbocycles. The van der Waals surface area contributed by atoms with Gasteiger partial charge in [-0.2, -0.15) is 4.31 Å². The van der Waals surface area contributed by atoms with Crippen LogP contribution in [0.15, 0.2) is 53.4 Å². The van der Waals surface area contributed by atoms with Crippen LogP contribution < -0.4 is 4.74 Å². The highest BCUT2D eigenvalue weighted by Crippen LogP contribution is 2.21. The van der Waals surface area contributed by atoms with E-state index in [0.29, 0.717) is 18.8 Å². The molecule has 8 heteroatoms. The highest BCUT2D eigenvalue weighted by atomic mass is 32.2. The third-order valence-corrected chi connectivity index (χ3v) is 6.70. The predicted octanol–water partition coefficient (Wildman–Crippen LogP) is 2.91. The van der Waals surface area contributed by atoms with E-state index in [1.165, 1.54) is 35.7 Å². The van der Waals surface area contributed by atoms with Crippen molar-refractivity contribution in [3.05, 3.63) is 59.7 Å². The second-order valence-corrected chi connectivity index (χ2v) is 8.63. The molecular weight excluding hydrogens is 394 g/mol. The van der Waals surface area contributed by atoms with E-state index >= 15 is 0 Å². The average molecular weight is 417 g/mol. The zero-order valence-electron chi connectivity index (χ0n) is 16.2. The van der Waals surface area contributed by atoms with E-state index in [1.807, 2.05) is 0 Å². The first kappa shape index (κ1) is 21.0. The number of rotatable bonds is 7. The number of Topliss-reactive ketones (excluding diaryl/α,β-unsaturated/α-hetero) is 1. The summed E-state index contributed by atoms with van der Waals surface area (Å²) in [5, 5.41) is 0. The Hall–Kier alpha value is -2.71. The fourth-order valence-corrected chi connectivity index (χ4v) is 4.69. The number of ether oxygens (including phenoxy) is 2. The lowest BCUT2D eigenvalue weighted by atomic mass is 10.1. The van der Waals surface area contributed by atoms with Crippen molar-refractivity contribution in [2.24, 2.45) is 0 Å². The largest absolute Gasteiger partial charge is 0.496 e. The fourth-order valence-electron chi connectivity index (χ4n) is 3.17. The van der Waals surface area contributed by atoms with Crippen LogP contribution in [0.3, 0.4) is 0 Å². The standard InChI is InChI=1S/C21H23NO6S/c1-27-20-8-4-3-7-18(20)21(24)28-15-19(23)16-9-11-17(12-10-16)29(25,26)22-13-5-2-6-14-22/h3-4,7-12H,2,5-6,13-15H2,1H3. The number of carbonyl (C=O) groups is 2. The van der Waals surface area contributed by atoms with Gasteiger partial charge in [0.1, 0.15) is 11.3 Å². The van der Waals surface area contributed by atoms with Gasteiger partial charge in [-0.25, -0.2) is 13.2 Å². The van der Waals surface area contributed by atoms with Gasteiger partial charge in [0.25, 0.3) is 0 Å². The number of ketones is 1. The summed E-state index contributed by atoms with van der Waals surface area (Å²) in [6.45, 7) is 0.582. The Morgan fingerprint density at radius 3 is 2.28 bits per heavy atom. The minimum absolute atomic E-state index is 0.155. The molecule has 0 atom stereocenters. The van der Waals surface area contributed by atoms with Gasteiger partial charge in [0.2, 0.25) is 10.0 Å². The molecule has 0 amide bonds. The molecule has 1 fully saturated rings. The van der Waals surface area contributed by atoms with Gasteiger partial charge in [0, 0.05) is 18.7 Å². The zero-order valence-corrected chi connectivity index (χ0v) is 17.0. The van der Waals surface area contributed by atoms with E-state index in [9.17, 15) is 18.0 Å². The molecule has 0 N–H and O–H groups in total. The highest BCUT2D eigenvalue weighted by Gasteiger charge is 2.26. The minimum Gasteiger partial charge on any atom is -0.496 e. The lowest BCUT2D eigenvalue weighted by Crippen LogP contribution is -2.35. The molecule has 0 radical (unpaired) electrons. The van der Waals surface area contributed by atoms with Crippen LogP contribution in [-0.4, -0.2) is 51.3 Å². The van der Waals surface area contributed by atoms with E-state index in [4.69, 9.17) is 9.47 Å². The summed E-state index contributed by atoms with van der Waals surface area (Å²) in [5.41, 5.74) is 0.501. The van der Waals surface area contributed by atoms with Crippen LogP contribution in [0.2, 0.25) is 0 Å². The number of hydrogen-bond donors (Lipinski definition) is 0. The summed E-state index contributed by atoms with van der Waals surface area (Å²) in [6, 6.07) is 12.3. The Morgan fingerprint density at radius 2 is 1.62 bits per heavy atom. The molecule has 2 aromatic carbocycles. The maximum atomic E-state index is 12.7. The van der Waals surface area contributed by atoms with Crippen molar-refractivity contribution in [2.75, 3.05) is 26.8 Å². The average Bonchev–Trinajstić information content (AvgIpc) is 2.77. The third-order valence-electron chi connectivity index (χ3n) is 4.79. The van der Waals surface area contributed by atoms with E-state index in [1.54, 1.807) is 24.3 Å². The molecule has 0 aromatic heterocycles. The van der Waals surface area contributed by atoms with Crippen molar-refractivity contribution < 1.29 is 27.5 Å².